The standard InChI is InChI=1S/C12H10N2OS/c13-6-5-10-1-3-12(4-2-10)15-7-11-8-16-9-14-11/h1-4,8-9H,5,7H2. The Morgan fingerprint density at radius 1 is 1.31 bits per heavy atom. The Balaban J connectivity index is 1.93. The fourth-order valence-electron chi connectivity index (χ4n) is 1.26. The molecule has 0 atom stereocenters. The van der Waals surface area contributed by atoms with Crippen LogP contribution in [0, 0.1) is 11.3 Å². The molecule has 3 nitrogen and oxygen atoms in total. The summed E-state index contributed by atoms with van der Waals surface area (Å²) >= 11 is 1.56. The molecule has 1 aromatic carbocycles. The highest BCUT2D eigenvalue weighted by Gasteiger charge is 1.98. The summed E-state index contributed by atoms with van der Waals surface area (Å²) in [7, 11) is 0. The van der Waals surface area contributed by atoms with E-state index < -0.39 is 0 Å². The van der Waals surface area contributed by atoms with E-state index in [0.29, 0.717) is 13.0 Å². The summed E-state index contributed by atoms with van der Waals surface area (Å²) in [6, 6.07) is 9.66. The molecular formula is C12H10N2OS. The monoisotopic (exact) mass is 230 g/mol. The highest BCUT2D eigenvalue weighted by Crippen LogP contribution is 2.14. The number of thiazole rings is 1. The van der Waals surface area contributed by atoms with Crippen LogP contribution in [-0.2, 0) is 13.0 Å². The molecule has 2 rings (SSSR count). The Bertz CT molecular complexity index is 471. The molecule has 0 aliphatic rings. The topological polar surface area (TPSA) is 45.9 Å². The first-order chi connectivity index (χ1) is 7.88. The molecule has 4 heteroatoms. The fourth-order valence-corrected chi connectivity index (χ4v) is 1.80. The van der Waals surface area contributed by atoms with Gasteiger partial charge in [-0.05, 0) is 17.7 Å². The van der Waals surface area contributed by atoms with E-state index >= 15 is 0 Å². The molecule has 0 fully saturated rings. The maximum Gasteiger partial charge on any atom is 0.131 e. The predicted octanol–water partition coefficient (Wildman–Crippen LogP) is 2.79. The van der Waals surface area contributed by atoms with E-state index in [-0.39, 0.29) is 0 Å². The van der Waals surface area contributed by atoms with Gasteiger partial charge >= 0.3 is 0 Å². The molecular weight excluding hydrogens is 220 g/mol. The van der Waals surface area contributed by atoms with Crippen molar-refractivity contribution < 1.29 is 4.74 Å². The Labute approximate surface area is 97.9 Å². The van der Waals surface area contributed by atoms with Crippen molar-refractivity contribution in [1.29, 1.82) is 5.26 Å². The average molecular weight is 230 g/mol. The number of ether oxygens (including phenoxy) is 1. The molecule has 0 bridgehead atoms. The van der Waals surface area contributed by atoms with Crippen LogP contribution >= 0.6 is 11.3 Å². The third-order valence-electron chi connectivity index (χ3n) is 2.08. The Hall–Kier alpha value is -1.86. The van der Waals surface area contributed by atoms with Crippen molar-refractivity contribution in [3.05, 3.63) is 46.4 Å². The summed E-state index contributed by atoms with van der Waals surface area (Å²) in [6.45, 7) is 0.487. The lowest BCUT2D eigenvalue weighted by Gasteiger charge is -2.04. The molecule has 16 heavy (non-hydrogen) atoms. The van der Waals surface area contributed by atoms with Gasteiger partial charge in [0.25, 0.3) is 0 Å². The van der Waals surface area contributed by atoms with Gasteiger partial charge in [-0.15, -0.1) is 11.3 Å². The van der Waals surface area contributed by atoms with Crippen molar-refractivity contribution in [3.8, 4) is 11.8 Å². The van der Waals surface area contributed by atoms with Crippen LogP contribution in [0.3, 0.4) is 0 Å². The summed E-state index contributed by atoms with van der Waals surface area (Å²) in [5.74, 6) is 0.801. The van der Waals surface area contributed by atoms with Gasteiger partial charge in [0.1, 0.15) is 12.4 Å². The average Bonchev–Trinajstić information content (AvgIpc) is 2.82. The second-order valence-corrected chi connectivity index (χ2v) is 3.97. The SMILES string of the molecule is N#CCc1ccc(OCc2cscn2)cc1. The fraction of sp³-hybridized carbons (Fsp3) is 0.167. The van der Waals surface area contributed by atoms with Crippen LogP contribution in [0.5, 0.6) is 5.75 Å². The second-order valence-electron chi connectivity index (χ2n) is 3.25. The minimum Gasteiger partial charge on any atom is -0.487 e. The van der Waals surface area contributed by atoms with E-state index in [9.17, 15) is 0 Å². The summed E-state index contributed by atoms with van der Waals surface area (Å²) in [6.07, 6.45) is 0.437. The maximum atomic E-state index is 8.53. The summed E-state index contributed by atoms with van der Waals surface area (Å²) in [5.41, 5.74) is 3.73. The highest BCUT2D eigenvalue weighted by molar-refractivity contribution is 7.07. The van der Waals surface area contributed by atoms with E-state index in [1.165, 1.54) is 0 Å². The second kappa shape index (κ2) is 5.29. The molecule has 0 spiro atoms. The normalized spacial score (nSPS) is 9.69. The van der Waals surface area contributed by atoms with Crippen LogP contribution < -0.4 is 4.74 Å². The lowest BCUT2D eigenvalue weighted by atomic mass is 10.2. The summed E-state index contributed by atoms with van der Waals surface area (Å²) in [5, 5.41) is 10.5. The molecule has 0 radical (unpaired) electrons. The number of hydrogen-bond acceptors (Lipinski definition) is 4. The van der Waals surface area contributed by atoms with Crippen LogP contribution in [-0.4, -0.2) is 4.98 Å². The van der Waals surface area contributed by atoms with Crippen LogP contribution in [0.15, 0.2) is 35.2 Å². The van der Waals surface area contributed by atoms with Gasteiger partial charge in [0.15, 0.2) is 0 Å². The van der Waals surface area contributed by atoms with Gasteiger partial charge in [0, 0.05) is 5.38 Å². The van der Waals surface area contributed by atoms with Crippen LogP contribution in [0.25, 0.3) is 0 Å². The summed E-state index contributed by atoms with van der Waals surface area (Å²) in [4.78, 5) is 4.13. The third-order valence-corrected chi connectivity index (χ3v) is 2.71. The van der Waals surface area contributed by atoms with Crippen molar-refractivity contribution >= 4 is 11.3 Å². The lowest BCUT2D eigenvalue weighted by Crippen LogP contribution is -1.95. The number of aromatic nitrogens is 1. The van der Waals surface area contributed by atoms with Crippen molar-refractivity contribution in [1.82, 2.24) is 4.98 Å². The van der Waals surface area contributed by atoms with Gasteiger partial charge in [-0.25, -0.2) is 4.98 Å². The molecule has 0 aliphatic carbocycles. The van der Waals surface area contributed by atoms with Gasteiger partial charge in [0.05, 0.1) is 23.7 Å². The smallest absolute Gasteiger partial charge is 0.131 e. The lowest BCUT2D eigenvalue weighted by molar-refractivity contribution is 0.302. The van der Waals surface area contributed by atoms with Gasteiger partial charge < -0.3 is 4.74 Å². The number of nitrogens with zero attached hydrogens (tertiary/aromatic N) is 2. The Kier molecular flexibility index (Phi) is 3.52. The highest BCUT2D eigenvalue weighted by atomic mass is 32.1. The van der Waals surface area contributed by atoms with Gasteiger partial charge in [-0.3, -0.25) is 0 Å². The van der Waals surface area contributed by atoms with E-state index in [1.807, 2.05) is 29.6 Å². The van der Waals surface area contributed by atoms with Crippen molar-refractivity contribution in [3.63, 3.8) is 0 Å². The molecule has 0 unspecified atom stereocenters. The van der Waals surface area contributed by atoms with E-state index in [4.69, 9.17) is 10.00 Å². The zero-order valence-corrected chi connectivity index (χ0v) is 9.41. The Morgan fingerprint density at radius 2 is 2.12 bits per heavy atom. The predicted molar refractivity (Wildman–Crippen MR) is 62.2 cm³/mol. The molecule has 2 aromatic rings. The minimum atomic E-state index is 0.437. The van der Waals surface area contributed by atoms with Gasteiger partial charge in [0.2, 0.25) is 0 Å². The van der Waals surface area contributed by atoms with Gasteiger partial charge in [-0.1, -0.05) is 12.1 Å². The van der Waals surface area contributed by atoms with Crippen molar-refractivity contribution in [2.75, 3.05) is 0 Å². The number of nitriles is 1. The quantitative estimate of drug-likeness (QED) is 0.811. The molecule has 1 aromatic heterocycles. The zero-order valence-electron chi connectivity index (χ0n) is 8.59. The minimum absolute atomic E-state index is 0.437. The molecule has 80 valence electrons. The zero-order chi connectivity index (χ0) is 11.2. The van der Waals surface area contributed by atoms with Crippen LogP contribution in [0.2, 0.25) is 0 Å². The first kappa shape index (κ1) is 10.7. The third kappa shape index (κ3) is 2.81. The first-order valence-electron chi connectivity index (χ1n) is 4.84. The Morgan fingerprint density at radius 3 is 2.75 bits per heavy atom. The van der Waals surface area contributed by atoms with E-state index in [0.717, 1.165) is 17.0 Å². The number of hydrogen-bond donors (Lipinski definition) is 0. The van der Waals surface area contributed by atoms with Crippen molar-refractivity contribution in [2.45, 2.75) is 13.0 Å². The first-order valence-corrected chi connectivity index (χ1v) is 5.78. The molecule has 0 N–H and O–H groups in total. The van der Waals surface area contributed by atoms with Crippen molar-refractivity contribution in [2.24, 2.45) is 0 Å². The maximum absolute atomic E-state index is 8.53. The summed E-state index contributed by atoms with van der Waals surface area (Å²) < 4.78 is 5.54. The number of benzene rings is 1. The molecule has 0 saturated heterocycles. The molecule has 0 aliphatic heterocycles. The number of rotatable bonds is 4. The van der Waals surface area contributed by atoms with Crippen LogP contribution in [0.4, 0.5) is 0 Å². The van der Waals surface area contributed by atoms with E-state index in [1.54, 1.807) is 16.8 Å². The van der Waals surface area contributed by atoms with Gasteiger partial charge in [-0.2, -0.15) is 5.26 Å². The molecule has 0 amide bonds. The molecule has 0 saturated carbocycles. The van der Waals surface area contributed by atoms with Crippen LogP contribution in [0.1, 0.15) is 11.3 Å². The molecule has 1 heterocycles. The van der Waals surface area contributed by atoms with E-state index in [2.05, 4.69) is 11.1 Å². The largest absolute Gasteiger partial charge is 0.487 e.